The molecule has 4 atom stereocenters. The maximum absolute atomic E-state index is 11.9. The molecule has 0 aliphatic carbocycles. The molecular weight excluding hydrogens is 320 g/mol. The normalized spacial score (nSPS) is 26.8. The lowest BCUT2D eigenvalue weighted by molar-refractivity contribution is -0.157. The van der Waals surface area contributed by atoms with Crippen LogP contribution in [0.15, 0.2) is 4.79 Å². The van der Waals surface area contributed by atoms with Crippen molar-refractivity contribution < 1.29 is 19.0 Å². The van der Waals surface area contributed by atoms with E-state index in [-0.39, 0.29) is 23.2 Å². The van der Waals surface area contributed by atoms with Crippen LogP contribution in [0.25, 0.3) is 11.2 Å². The van der Waals surface area contributed by atoms with E-state index in [0.29, 0.717) is 6.42 Å². The van der Waals surface area contributed by atoms with Gasteiger partial charge in [-0.3, -0.25) is 14.6 Å². The van der Waals surface area contributed by atoms with Crippen molar-refractivity contribution in [3.05, 3.63) is 10.4 Å². The quantitative estimate of drug-likeness (QED) is 0.694. The molecule has 2 aromatic rings. The summed E-state index contributed by atoms with van der Waals surface area (Å²) in [6.45, 7) is 3.22. The van der Waals surface area contributed by atoms with E-state index >= 15 is 0 Å². The molecule has 1 aliphatic heterocycles. The van der Waals surface area contributed by atoms with Crippen molar-refractivity contribution in [1.82, 2.24) is 25.0 Å². The lowest BCUT2D eigenvalue weighted by Gasteiger charge is -2.22. The number of aromatic nitrogens is 5. The zero-order valence-electron chi connectivity index (χ0n) is 13.4. The molecule has 0 amide bonds. The third-order valence-electron chi connectivity index (χ3n) is 3.86. The fourth-order valence-corrected chi connectivity index (χ4v) is 2.86. The first kappa shape index (κ1) is 16.3. The van der Waals surface area contributed by atoms with Crippen molar-refractivity contribution in [2.24, 2.45) is 0 Å². The predicted octanol–water partition coefficient (Wildman–Crippen LogP) is -0.649. The highest BCUT2D eigenvalue weighted by Crippen LogP contribution is 2.35. The third kappa shape index (κ3) is 2.61. The third-order valence-corrected chi connectivity index (χ3v) is 3.86. The summed E-state index contributed by atoms with van der Waals surface area (Å²) >= 11 is 0. The molecule has 0 bridgehead atoms. The van der Waals surface area contributed by atoms with E-state index in [1.165, 1.54) is 18.7 Å². The summed E-state index contributed by atoms with van der Waals surface area (Å²) < 4.78 is 18.0. The van der Waals surface area contributed by atoms with Crippen LogP contribution in [0.3, 0.4) is 0 Å². The number of nitrogens with two attached hydrogens (primary N) is 1. The van der Waals surface area contributed by atoms with E-state index in [9.17, 15) is 9.59 Å². The second-order valence-electron chi connectivity index (χ2n) is 5.41. The molecular formula is C13H18N6O5. The van der Waals surface area contributed by atoms with Gasteiger partial charge in [-0.1, -0.05) is 12.1 Å². The van der Waals surface area contributed by atoms with Gasteiger partial charge in [-0.25, -0.2) is 0 Å². The summed E-state index contributed by atoms with van der Waals surface area (Å²) in [5.41, 5.74) is 5.23. The molecule has 0 aromatic carbocycles. The van der Waals surface area contributed by atoms with Gasteiger partial charge in [-0.05, 0) is 6.42 Å². The Bertz CT molecular complexity index is 817. The van der Waals surface area contributed by atoms with Gasteiger partial charge in [0.05, 0.1) is 6.10 Å². The van der Waals surface area contributed by atoms with Crippen LogP contribution in [0.1, 0.15) is 26.5 Å². The van der Waals surface area contributed by atoms with Crippen molar-refractivity contribution in [2.45, 2.75) is 44.8 Å². The Hall–Kier alpha value is -2.53. The molecule has 0 unspecified atom stereocenters. The molecule has 3 heterocycles. The number of anilines is 1. The summed E-state index contributed by atoms with van der Waals surface area (Å²) in [7, 11) is 1.51. The van der Waals surface area contributed by atoms with Gasteiger partial charge < -0.3 is 19.9 Å². The number of nitrogens with zero attached hydrogens (tertiary/aromatic N) is 4. The number of H-pyrrole nitrogens is 1. The molecule has 1 fully saturated rings. The van der Waals surface area contributed by atoms with Crippen LogP contribution in [0.4, 0.5) is 5.95 Å². The van der Waals surface area contributed by atoms with Crippen LogP contribution in [0.5, 0.6) is 0 Å². The van der Waals surface area contributed by atoms with E-state index in [2.05, 4.69) is 20.3 Å². The molecule has 11 heteroatoms. The molecule has 11 nitrogen and oxygen atoms in total. The SMILES string of the molecule is CC[C@H]1O[C@H](n2nnc3c(=O)[nH]c(N)nc32)[C@H](OC(C)=O)[C@@H]1OC. The first-order chi connectivity index (χ1) is 11.5. The molecule has 3 N–H and O–H groups in total. The van der Waals surface area contributed by atoms with E-state index < -0.39 is 30.0 Å². The molecule has 1 saturated heterocycles. The molecule has 0 radical (unpaired) electrons. The van der Waals surface area contributed by atoms with Crippen LogP contribution >= 0.6 is 0 Å². The van der Waals surface area contributed by atoms with Crippen LogP contribution in [-0.4, -0.2) is 56.4 Å². The number of rotatable bonds is 4. The minimum Gasteiger partial charge on any atom is -0.455 e. The Kier molecular flexibility index (Phi) is 4.20. The smallest absolute Gasteiger partial charge is 0.303 e. The minimum absolute atomic E-state index is 0.0169. The summed E-state index contributed by atoms with van der Waals surface area (Å²) in [5, 5.41) is 7.74. The van der Waals surface area contributed by atoms with E-state index in [1.54, 1.807) is 0 Å². The highest BCUT2D eigenvalue weighted by molar-refractivity contribution is 5.69. The Balaban J connectivity index is 2.09. The molecule has 24 heavy (non-hydrogen) atoms. The van der Waals surface area contributed by atoms with Crippen molar-refractivity contribution in [3.63, 3.8) is 0 Å². The largest absolute Gasteiger partial charge is 0.455 e. The van der Waals surface area contributed by atoms with E-state index in [4.69, 9.17) is 19.9 Å². The standard InChI is InChI=1S/C13H18N6O5/c1-4-6-8(22-3)9(23-5(2)20)12(24-6)19-10-7(17-18-19)11(21)16-13(14)15-10/h6,8-9,12H,4H2,1-3H3,(H3,14,15,16,21)/t6-,8-,9-,12+/m1/s1. The van der Waals surface area contributed by atoms with Crippen molar-refractivity contribution in [3.8, 4) is 0 Å². The van der Waals surface area contributed by atoms with Crippen molar-refractivity contribution in [2.75, 3.05) is 12.8 Å². The van der Waals surface area contributed by atoms with Gasteiger partial charge >= 0.3 is 5.97 Å². The van der Waals surface area contributed by atoms with Crippen molar-refractivity contribution >= 4 is 23.1 Å². The molecule has 2 aromatic heterocycles. The number of aromatic amines is 1. The number of nitrogens with one attached hydrogen (secondary N) is 1. The monoisotopic (exact) mass is 338 g/mol. The highest BCUT2D eigenvalue weighted by atomic mass is 16.6. The van der Waals surface area contributed by atoms with Crippen LogP contribution in [0.2, 0.25) is 0 Å². The first-order valence-corrected chi connectivity index (χ1v) is 7.42. The van der Waals surface area contributed by atoms with Gasteiger partial charge in [0.2, 0.25) is 5.95 Å². The highest BCUT2D eigenvalue weighted by Gasteiger charge is 2.48. The molecule has 0 spiro atoms. The fourth-order valence-electron chi connectivity index (χ4n) is 2.86. The average molecular weight is 338 g/mol. The first-order valence-electron chi connectivity index (χ1n) is 7.42. The van der Waals surface area contributed by atoms with Gasteiger partial charge in [-0.2, -0.15) is 9.67 Å². The number of ether oxygens (including phenoxy) is 3. The summed E-state index contributed by atoms with van der Waals surface area (Å²) in [6, 6.07) is 0. The topological polar surface area (TPSA) is 147 Å². The Labute approximate surface area is 136 Å². The molecule has 130 valence electrons. The number of methoxy groups -OCH3 is 1. The molecule has 1 aliphatic rings. The summed E-state index contributed by atoms with van der Waals surface area (Å²) in [6.07, 6.45) is -1.76. The van der Waals surface area contributed by atoms with E-state index in [1.807, 2.05) is 6.92 Å². The lowest BCUT2D eigenvalue weighted by atomic mass is 10.1. The van der Waals surface area contributed by atoms with Crippen LogP contribution in [-0.2, 0) is 19.0 Å². The maximum Gasteiger partial charge on any atom is 0.303 e. The number of hydrogen-bond acceptors (Lipinski definition) is 9. The minimum atomic E-state index is -0.831. The number of esters is 1. The molecule has 3 rings (SSSR count). The van der Waals surface area contributed by atoms with Gasteiger partial charge in [-0.15, -0.1) is 5.10 Å². The van der Waals surface area contributed by atoms with Gasteiger partial charge in [0.1, 0.15) is 6.10 Å². The van der Waals surface area contributed by atoms with Gasteiger partial charge in [0, 0.05) is 14.0 Å². The van der Waals surface area contributed by atoms with Crippen molar-refractivity contribution in [1.29, 1.82) is 0 Å². The lowest BCUT2D eigenvalue weighted by Crippen LogP contribution is -2.37. The summed E-state index contributed by atoms with van der Waals surface area (Å²) in [5.74, 6) is -0.560. The number of carbonyl (C=O) groups is 1. The Morgan fingerprint density at radius 2 is 2.21 bits per heavy atom. The number of hydrogen-bond donors (Lipinski definition) is 2. The second kappa shape index (κ2) is 6.17. The van der Waals surface area contributed by atoms with Gasteiger partial charge in [0.25, 0.3) is 5.56 Å². The average Bonchev–Trinajstić information content (AvgIpc) is 3.07. The number of carbonyl (C=O) groups excluding carboxylic acids is 1. The van der Waals surface area contributed by atoms with E-state index in [0.717, 1.165) is 0 Å². The zero-order chi connectivity index (χ0) is 17.4. The molecule has 0 saturated carbocycles. The fraction of sp³-hybridized carbons (Fsp3) is 0.615. The van der Waals surface area contributed by atoms with Crippen LogP contribution in [0, 0.1) is 0 Å². The number of fused-ring (bicyclic) bond motifs is 1. The Morgan fingerprint density at radius 3 is 2.83 bits per heavy atom. The summed E-state index contributed by atoms with van der Waals surface area (Å²) in [4.78, 5) is 29.8. The van der Waals surface area contributed by atoms with Gasteiger partial charge in [0.15, 0.2) is 23.5 Å². The predicted molar refractivity (Wildman–Crippen MR) is 80.9 cm³/mol. The second-order valence-corrected chi connectivity index (χ2v) is 5.41. The zero-order valence-corrected chi connectivity index (χ0v) is 13.4. The Morgan fingerprint density at radius 1 is 1.46 bits per heavy atom. The maximum atomic E-state index is 11.9. The van der Waals surface area contributed by atoms with Crippen LogP contribution < -0.4 is 11.3 Å². The number of nitrogen functional groups attached to an aromatic ring is 1.